The molecule has 0 bridgehead atoms. The van der Waals surface area contributed by atoms with Gasteiger partial charge in [-0.3, -0.25) is 0 Å². The van der Waals surface area contributed by atoms with E-state index in [-0.39, 0.29) is 87.3 Å². The number of phenols is 9. The maximum Gasteiger partial charge on any atom is 0.123 e. The molecule has 83 heavy (non-hydrogen) atoms. The number of aromatic hydroxyl groups is 9. The highest BCUT2D eigenvalue weighted by Crippen LogP contribution is 2.48. The fourth-order valence-electron chi connectivity index (χ4n) is 12.0. The van der Waals surface area contributed by atoms with Crippen molar-refractivity contribution in [3.8, 4) is 51.7 Å². The Morgan fingerprint density at radius 2 is 0.434 bits per heavy atom. The van der Waals surface area contributed by atoms with E-state index in [9.17, 15) is 46.0 Å². The molecule has 428 valence electrons. The van der Waals surface area contributed by atoms with Crippen molar-refractivity contribution in [2.24, 2.45) is 0 Å². The van der Waals surface area contributed by atoms with Crippen LogP contribution in [-0.4, -0.2) is 46.0 Å². The highest BCUT2D eigenvalue weighted by molar-refractivity contribution is 5.59. The Bertz CT molecular complexity index is 3750. The number of phenolic OH excluding ortho intramolecular Hbond substituents is 9. The summed E-state index contributed by atoms with van der Waals surface area (Å²) in [5, 5.41) is 102. The van der Waals surface area contributed by atoms with Gasteiger partial charge in [-0.2, -0.15) is 0 Å². The second-order valence-electron chi connectivity index (χ2n) is 23.5. The van der Waals surface area contributed by atoms with Crippen molar-refractivity contribution in [3.63, 3.8) is 0 Å². The van der Waals surface area contributed by atoms with Crippen LogP contribution in [0.3, 0.4) is 0 Å². The summed E-state index contributed by atoms with van der Waals surface area (Å²) >= 11 is 0. The summed E-state index contributed by atoms with van der Waals surface area (Å²) in [5.74, 6) is -1.07. The van der Waals surface area contributed by atoms with Gasteiger partial charge in [0, 0.05) is 91.9 Å². The average Bonchev–Trinajstić information content (AvgIpc) is 3.57. The van der Waals surface area contributed by atoms with E-state index in [4.69, 9.17) is 0 Å². The van der Waals surface area contributed by atoms with E-state index in [1.807, 2.05) is 159 Å². The van der Waals surface area contributed by atoms with E-state index in [0.29, 0.717) is 44.5 Å². The molecule has 0 saturated carbocycles. The molecule has 0 aliphatic carbocycles. The van der Waals surface area contributed by atoms with Crippen LogP contribution in [0.2, 0.25) is 0 Å². The van der Waals surface area contributed by atoms with E-state index >= 15 is 0 Å². The lowest BCUT2D eigenvalue weighted by Crippen LogP contribution is -2.08. The van der Waals surface area contributed by atoms with Crippen LogP contribution in [-0.2, 0) is 0 Å². The molecule has 0 radical (unpaired) electrons. The molecule has 0 spiro atoms. The van der Waals surface area contributed by atoms with Gasteiger partial charge in [0.1, 0.15) is 51.7 Å². The molecular weight excluding hydrogens is 1030 g/mol. The molecule has 8 unspecified atom stereocenters. The highest BCUT2D eigenvalue weighted by Gasteiger charge is 2.29. The lowest BCUT2D eigenvalue weighted by molar-refractivity contribution is 0.455. The Kier molecular flexibility index (Phi) is 17.0. The molecule has 0 aliphatic rings. The summed E-state index contributed by atoms with van der Waals surface area (Å²) in [4.78, 5) is 0. The van der Waals surface area contributed by atoms with E-state index in [2.05, 4.69) is 26.8 Å². The van der Waals surface area contributed by atoms with Crippen LogP contribution in [0.4, 0.5) is 0 Å². The summed E-state index contributed by atoms with van der Waals surface area (Å²) < 4.78 is 0. The predicted molar refractivity (Wildman–Crippen MR) is 332 cm³/mol. The first-order valence-corrected chi connectivity index (χ1v) is 28.8. The third kappa shape index (κ3) is 11.9. The lowest BCUT2D eigenvalue weighted by atomic mass is 9.79. The van der Waals surface area contributed by atoms with Gasteiger partial charge in [0.15, 0.2) is 0 Å². The molecule has 9 N–H and O–H groups in total. The summed E-state index contributed by atoms with van der Waals surface area (Å²) in [6.07, 6.45) is 0. The standard InChI is InChI=1S/C74H78O9/c1-39(2)51-16-26-69(78)60(31-51)43(6)53-18-27-70(79)61(32-53)44(7)54-19-28-71(80)62(33-54)48(11)57-37-66(45(8)52-17-25-68(77)40(3)30-52)74(83)67(38-57)46(9)55-20-29-72(81)63(34-55)47(10)56-35-64(41(4)49-12-21-58(75)22-13-49)73(82)65(36-56)42(5)50-14-23-59(76)24-15-50/h12-39,41-48,75-83H,1-11H3. The minimum absolute atomic E-state index is 0.0845. The van der Waals surface area contributed by atoms with Gasteiger partial charge in [0.2, 0.25) is 0 Å². The summed E-state index contributed by atoms with van der Waals surface area (Å²) in [5.41, 5.74) is 14.3. The third-order valence-corrected chi connectivity index (χ3v) is 18.0. The van der Waals surface area contributed by atoms with E-state index in [0.717, 1.165) is 55.6 Å². The molecule has 0 aliphatic heterocycles. The number of hydrogen-bond acceptors (Lipinski definition) is 9. The number of aryl methyl sites for hydroxylation is 1. The summed E-state index contributed by atoms with van der Waals surface area (Å²) in [6.45, 7) is 22.3. The Morgan fingerprint density at radius 1 is 0.217 bits per heavy atom. The first-order chi connectivity index (χ1) is 39.4. The van der Waals surface area contributed by atoms with Crippen molar-refractivity contribution in [1.82, 2.24) is 0 Å². The van der Waals surface area contributed by atoms with E-state index in [1.165, 1.54) is 0 Å². The molecule has 9 nitrogen and oxygen atoms in total. The predicted octanol–water partition coefficient (Wildman–Crippen LogP) is 17.7. The van der Waals surface area contributed by atoms with Crippen molar-refractivity contribution in [2.45, 2.75) is 129 Å². The largest absolute Gasteiger partial charge is 0.508 e. The number of benzene rings is 9. The first-order valence-electron chi connectivity index (χ1n) is 28.8. The minimum atomic E-state index is -0.427. The lowest BCUT2D eigenvalue weighted by Gasteiger charge is -2.26. The summed E-state index contributed by atoms with van der Waals surface area (Å²) in [7, 11) is 0. The monoisotopic (exact) mass is 1110 g/mol. The highest BCUT2D eigenvalue weighted by atomic mass is 16.3. The SMILES string of the molecule is Cc1cc(C(C)c2cc(C(C)c3cc(C(C)c4cc(C(C)c5cc(C(C)C)ccc5O)ccc4O)ccc3O)cc(C(C)c3ccc(O)c(C(C)c4cc(C(C)c5ccc(O)cc5)c(O)c(C(C)c5ccc(O)cc5)c4)c3)c2O)ccc1O. The van der Waals surface area contributed by atoms with Gasteiger partial charge < -0.3 is 46.0 Å². The molecule has 0 fully saturated rings. The molecule has 9 heteroatoms. The van der Waals surface area contributed by atoms with E-state index < -0.39 is 17.8 Å². The second-order valence-corrected chi connectivity index (χ2v) is 23.5. The fourth-order valence-corrected chi connectivity index (χ4v) is 12.0. The maximum absolute atomic E-state index is 12.6. The van der Waals surface area contributed by atoms with Crippen molar-refractivity contribution in [2.75, 3.05) is 0 Å². The van der Waals surface area contributed by atoms with Gasteiger partial charge in [-0.15, -0.1) is 0 Å². The van der Waals surface area contributed by atoms with Gasteiger partial charge >= 0.3 is 0 Å². The summed E-state index contributed by atoms with van der Waals surface area (Å²) in [6, 6.07) is 49.8. The number of hydrogen-bond donors (Lipinski definition) is 9. The van der Waals surface area contributed by atoms with Crippen LogP contribution in [0.15, 0.2) is 164 Å². The zero-order valence-electron chi connectivity index (χ0n) is 49.3. The second kappa shape index (κ2) is 23.9. The zero-order chi connectivity index (χ0) is 59.9. The van der Waals surface area contributed by atoms with Crippen LogP contribution in [0, 0.1) is 6.92 Å². The minimum Gasteiger partial charge on any atom is -0.508 e. The average molecular weight is 1110 g/mol. The third-order valence-electron chi connectivity index (χ3n) is 18.0. The van der Waals surface area contributed by atoms with Crippen LogP contribution >= 0.6 is 0 Å². The molecule has 0 aromatic heterocycles. The normalized spacial score (nSPS) is 14.6. The fraction of sp³-hybridized carbons (Fsp3) is 0.270. The zero-order valence-corrected chi connectivity index (χ0v) is 49.3. The van der Waals surface area contributed by atoms with Gasteiger partial charge in [-0.05, 0) is 123 Å². The van der Waals surface area contributed by atoms with Crippen molar-refractivity contribution < 1.29 is 46.0 Å². The van der Waals surface area contributed by atoms with Crippen LogP contribution in [0.5, 0.6) is 51.7 Å². The quantitative estimate of drug-likeness (QED) is 0.0429. The Labute approximate surface area is 488 Å². The molecule has 9 aromatic carbocycles. The topological polar surface area (TPSA) is 182 Å². The van der Waals surface area contributed by atoms with E-state index in [1.54, 1.807) is 54.6 Å². The smallest absolute Gasteiger partial charge is 0.123 e. The molecule has 8 atom stereocenters. The van der Waals surface area contributed by atoms with Crippen molar-refractivity contribution in [3.05, 3.63) is 264 Å². The number of rotatable bonds is 17. The van der Waals surface area contributed by atoms with Crippen LogP contribution in [0.1, 0.15) is 223 Å². The van der Waals surface area contributed by atoms with Crippen LogP contribution in [0.25, 0.3) is 0 Å². The maximum atomic E-state index is 12.6. The molecular formula is C74H78O9. The molecule has 0 heterocycles. The molecule has 0 saturated heterocycles. The van der Waals surface area contributed by atoms with Gasteiger partial charge in [-0.1, -0.05) is 178 Å². The molecule has 9 aromatic rings. The van der Waals surface area contributed by atoms with Crippen LogP contribution < -0.4 is 0 Å². The molecule has 0 amide bonds. The Hall–Kier alpha value is -8.82. The Balaban J connectivity index is 1.11. The first kappa shape index (κ1) is 58.8. The Morgan fingerprint density at radius 3 is 0.735 bits per heavy atom. The van der Waals surface area contributed by atoms with Crippen molar-refractivity contribution >= 4 is 0 Å². The van der Waals surface area contributed by atoms with Gasteiger partial charge in [-0.25, -0.2) is 0 Å². The van der Waals surface area contributed by atoms with Gasteiger partial charge in [0.05, 0.1) is 0 Å². The van der Waals surface area contributed by atoms with Crippen molar-refractivity contribution in [1.29, 1.82) is 0 Å². The molecule has 9 rings (SSSR count). The van der Waals surface area contributed by atoms with Gasteiger partial charge in [0.25, 0.3) is 0 Å².